The van der Waals surface area contributed by atoms with Crippen LogP contribution in [0.3, 0.4) is 0 Å². The Bertz CT molecular complexity index is 722. The molecular formula is C12H10FNO4S2. The molecule has 2 N–H and O–H groups in total. The van der Waals surface area contributed by atoms with E-state index in [9.17, 15) is 17.6 Å². The average molecular weight is 315 g/mol. The predicted molar refractivity (Wildman–Crippen MR) is 72.5 cm³/mol. The minimum Gasteiger partial charge on any atom is -0.480 e. The Hall–Kier alpha value is -1.77. The van der Waals surface area contributed by atoms with E-state index in [-0.39, 0.29) is 10.0 Å². The third-order valence-corrected chi connectivity index (χ3v) is 5.42. The topological polar surface area (TPSA) is 83.5 Å². The Labute approximate surface area is 118 Å². The van der Waals surface area contributed by atoms with Crippen molar-refractivity contribution in [2.75, 3.05) is 6.54 Å². The van der Waals surface area contributed by atoms with E-state index in [1.165, 1.54) is 18.2 Å². The number of carboxylic acids is 1. The second kappa shape index (κ2) is 5.70. The molecule has 0 saturated heterocycles. The molecule has 0 aliphatic carbocycles. The largest absolute Gasteiger partial charge is 0.480 e. The van der Waals surface area contributed by atoms with E-state index >= 15 is 0 Å². The number of hydrogen-bond acceptors (Lipinski definition) is 4. The van der Waals surface area contributed by atoms with Gasteiger partial charge in [0, 0.05) is 4.88 Å². The number of aliphatic carboxylic acids is 1. The maximum Gasteiger partial charge on any atom is 0.318 e. The minimum absolute atomic E-state index is 0.0121. The first kappa shape index (κ1) is 14.6. The molecule has 0 radical (unpaired) electrons. The summed E-state index contributed by atoms with van der Waals surface area (Å²) >= 11 is 0.985. The van der Waals surface area contributed by atoms with Crippen molar-refractivity contribution in [1.29, 1.82) is 0 Å². The Balaban J connectivity index is 2.24. The van der Waals surface area contributed by atoms with E-state index in [1.807, 2.05) is 4.72 Å². The first-order valence-electron chi connectivity index (χ1n) is 5.46. The van der Waals surface area contributed by atoms with Gasteiger partial charge in [-0.25, -0.2) is 12.8 Å². The average Bonchev–Trinajstić information content (AvgIpc) is 2.88. The van der Waals surface area contributed by atoms with E-state index < -0.39 is 22.5 Å². The van der Waals surface area contributed by atoms with Crippen LogP contribution in [0.15, 0.2) is 40.6 Å². The van der Waals surface area contributed by atoms with Crippen molar-refractivity contribution in [3.8, 4) is 10.4 Å². The Morgan fingerprint density at radius 2 is 1.85 bits per heavy atom. The Morgan fingerprint density at radius 3 is 2.45 bits per heavy atom. The van der Waals surface area contributed by atoms with Crippen molar-refractivity contribution < 1.29 is 22.7 Å². The van der Waals surface area contributed by atoms with E-state index in [0.29, 0.717) is 10.4 Å². The summed E-state index contributed by atoms with van der Waals surface area (Å²) in [5.41, 5.74) is 0.691. The molecule has 1 aromatic heterocycles. The van der Waals surface area contributed by atoms with Crippen molar-refractivity contribution in [3.63, 3.8) is 0 Å². The number of thiophene rings is 1. The van der Waals surface area contributed by atoms with Gasteiger partial charge in [-0.2, -0.15) is 4.72 Å². The van der Waals surface area contributed by atoms with E-state index in [4.69, 9.17) is 5.11 Å². The third-order valence-electron chi connectivity index (χ3n) is 2.39. The first-order chi connectivity index (χ1) is 9.38. The van der Waals surface area contributed by atoms with Gasteiger partial charge in [-0.1, -0.05) is 12.1 Å². The lowest BCUT2D eigenvalue weighted by Crippen LogP contribution is -2.28. The summed E-state index contributed by atoms with van der Waals surface area (Å²) in [6, 6.07) is 8.63. The van der Waals surface area contributed by atoms with Gasteiger partial charge < -0.3 is 5.11 Å². The van der Waals surface area contributed by atoms with Crippen LogP contribution in [0, 0.1) is 5.82 Å². The van der Waals surface area contributed by atoms with E-state index in [0.717, 1.165) is 11.3 Å². The molecule has 0 saturated carbocycles. The van der Waals surface area contributed by atoms with Crippen LogP contribution in [-0.4, -0.2) is 26.0 Å². The molecule has 2 aromatic rings. The van der Waals surface area contributed by atoms with Crippen molar-refractivity contribution in [1.82, 2.24) is 4.72 Å². The maximum atomic E-state index is 12.8. The summed E-state index contributed by atoms with van der Waals surface area (Å²) in [5.74, 6) is -1.63. The van der Waals surface area contributed by atoms with Gasteiger partial charge >= 0.3 is 5.97 Å². The second-order valence-electron chi connectivity index (χ2n) is 3.84. The fourth-order valence-electron chi connectivity index (χ4n) is 1.46. The highest BCUT2D eigenvalue weighted by Crippen LogP contribution is 2.30. The van der Waals surface area contributed by atoms with Gasteiger partial charge in [-0.3, -0.25) is 4.79 Å². The van der Waals surface area contributed by atoms with Crippen LogP contribution in [-0.2, 0) is 14.8 Å². The highest BCUT2D eigenvalue weighted by molar-refractivity contribution is 7.91. The highest BCUT2D eigenvalue weighted by atomic mass is 32.2. The van der Waals surface area contributed by atoms with Gasteiger partial charge in [0.1, 0.15) is 16.6 Å². The van der Waals surface area contributed by atoms with Crippen molar-refractivity contribution in [3.05, 3.63) is 42.2 Å². The molecular weight excluding hydrogens is 305 g/mol. The van der Waals surface area contributed by atoms with Crippen LogP contribution in [0.4, 0.5) is 4.39 Å². The molecule has 0 spiro atoms. The molecule has 0 fully saturated rings. The molecule has 0 bridgehead atoms. The molecule has 0 aliphatic rings. The van der Waals surface area contributed by atoms with Crippen LogP contribution < -0.4 is 4.72 Å². The van der Waals surface area contributed by atoms with Crippen LogP contribution in [0.5, 0.6) is 0 Å². The van der Waals surface area contributed by atoms with Gasteiger partial charge in [0.15, 0.2) is 0 Å². The summed E-state index contributed by atoms with van der Waals surface area (Å²) in [4.78, 5) is 11.0. The summed E-state index contributed by atoms with van der Waals surface area (Å²) in [6.45, 7) is -0.674. The third kappa shape index (κ3) is 3.41. The van der Waals surface area contributed by atoms with Gasteiger partial charge in [0.2, 0.25) is 0 Å². The van der Waals surface area contributed by atoms with Crippen molar-refractivity contribution in [2.45, 2.75) is 4.21 Å². The number of carboxylic acid groups (broad SMARTS) is 1. The monoisotopic (exact) mass is 315 g/mol. The second-order valence-corrected chi connectivity index (χ2v) is 6.92. The first-order valence-corrected chi connectivity index (χ1v) is 7.76. The molecule has 5 nitrogen and oxygen atoms in total. The smallest absolute Gasteiger partial charge is 0.318 e. The summed E-state index contributed by atoms with van der Waals surface area (Å²) < 4.78 is 38.4. The van der Waals surface area contributed by atoms with E-state index in [1.54, 1.807) is 18.2 Å². The molecule has 20 heavy (non-hydrogen) atoms. The number of rotatable bonds is 5. The number of sulfonamides is 1. The lowest BCUT2D eigenvalue weighted by molar-refractivity contribution is -0.135. The van der Waals surface area contributed by atoms with Gasteiger partial charge in [-0.15, -0.1) is 11.3 Å². The van der Waals surface area contributed by atoms with Crippen LogP contribution in [0.2, 0.25) is 0 Å². The van der Waals surface area contributed by atoms with Crippen LogP contribution in [0.1, 0.15) is 0 Å². The summed E-state index contributed by atoms with van der Waals surface area (Å²) in [7, 11) is -3.84. The zero-order valence-electron chi connectivity index (χ0n) is 10.0. The Morgan fingerprint density at radius 1 is 1.20 bits per heavy atom. The van der Waals surface area contributed by atoms with Gasteiger partial charge in [-0.05, 0) is 29.8 Å². The maximum absolute atomic E-state index is 12.8. The zero-order valence-corrected chi connectivity index (χ0v) is 11.7. The molecule has 0 amide bonds. The molecule has 8 heteroatoms. The zero-order chi connectivity index (χ0) is 14.8. The highest BCUT2D eigenvalue weighted by Gasteiger charge is 2.18. The predicted octanol–water partition coefficient (Wildman–Crippen LogP) is 1.92. The van der Waals surface area contributed by atoms with E-state index in [2.05, 4.69) is 0 Å². The van der Waals surface area contributed by atoms with Gasteiger partial charge in [0.05, 0.1) is 0 Å². The molecule has 2 rings (SSSR count). The SMILES string of the molecule is O=C(O)CNS(=O)(=O)c1ccc(-c2ccc(F)cc2)s1. The standard InChI is InChI=1S/C12H10FNO4S2/c13-9-3-1-8(2-4-9)10-5-6-12(19-10)20(17,18)14-7-11(15)16/h1-6,14H,7H2,(H,15,16). The lowest BCUT2D eigenvalue weighted by atomic mass is 10.2. The number of carbonyl (C=O) groups is 1. The molecule has 1 heterocycles. The number of benzene rings is 1. The lowest BCUT2D eigenvalue weighted by Gasteiger charge is -2.01. The molecule has 1 aromatic carbocycles. The fraction of sp³-hybridized carbons (Fsp3) is 0.0833. The quantitative estimate of drug-likeness (QED) is 0.883. The molecule has 0 atom stereocenters. The fourth-order valence-corrected chi connectivity index (χ4v) is 3.79. The number of nitrogens with one attached hydrogen (secondary N) is 1. The minimum atomic E-state index is -3.84. The number of halogens is 1. The molecule has 106 valence electrons. The van der Waals surface area contributed by atoms with Gasteiger partial charge in [0.25, 0.3) is 10.0 Å². The Kier molecular flexibility index (Phi) is 4.17. The van der Waals surface area contributed by atoms with Crippen LogP contribution >= 0.6 is 11.3 Å². The van der Waals surface area contributed by atoms with Crippen LogP contribution in [0.25, 0.3) is 10.4 Å². The number of hydrogen-bond donors (Lipinski definition) is 2. The summed E-state index contributed by atoms with van der Waals surface area (Å²) in [5, 5.41) is 8.47. The summed E-state index contributed by atoms with van der Waals surface area (Å²) in [6.07, 6.45) is 0. The normalized spacial score (nSPS) is 11.4. The van der Waals surface area contributed by atoms with Crippen molar-refractivity contribution >= 4 is 27.3 Å². The van der Waals surface area contributed by atoms with Crippen molar-refractivity contribution in [2.24, 2.45) is 0 Å². The molecule has 0 aliphatic heterocycles. The molecule has 0 unspecified atom stereocenters.